The van der Waals surface area contributed by atoms with Crippen LogP contribution in [-0.4, -0.2) is 23.6 Å². The highest BCUT2D eigenvalue weighted by atomic mass is 16.6. The molecule has 2 aliphatic rings. The fraction of sp³-hybridized carbons (Fsp3) is 0.667. The number of benzene rings is 1. The van der Waals surface area contributed by atoms with E-state index in [1.807, 2.05) is 13.0 Å². The van der Waals surface area contributed by atoms with E-state index < -0.39 is 0 Å². The topological polar surface area (TPSA) is 67.2 Å². The Kier molecular flexibility index (Phi) is 5.28. The molecule has 126 valence electrons. The minimum Gasteiger partial charge on any atom is -0.314 e. The van der Waals surface area contributed by atoms with E-state index >= 15 is 0 Å². The first kappa shape index (κ1) is 16.4. The van der Waals surface area contributed by atoms with Gasteiger partial charge < -0.3 is 10.6 Å². The van der Waals surface area contributed by atoms with Crippen LogP contribution in [0.2, 0.25) is 0 Å². The number of hydrogen-bond donors (Lipinski definition) is 2. The second kappa shape index (κ2) is 7.41. The summed E-state index contributed by atoms with van der Waals surface area (Å²) in [5, 5.41) is 18.5. The van der Waals surface area contributed by atoms with Crippen molar-refractivity contribution in [3.63, 3.8) is 0 Å². The van der Waals surface area contributed by atoms with Crippen LogP contribution in [-0.2, 0) is 6.54 Å². The number of piperidine rings is 1. The van der Waals surface area contributed by atoms with Gasteiger partial charge >= 0.3 is 0 Å². The summed E-state index contributed by atoms with van der Waals surface area (Å²) in [7, 11) is 0. The fourth-order valence-corrected chi connectivity index (χ4v) is 4.27. The molecule has 1 aromatic carbocycles. The van der Waals surface area contributed by atoms with Gasteiger partial charge in [-0.15, -0.1) is 0 Å². The first-order chi connectivity index (χ1) is 11.2. The summed E-state index contributed by atoms with van der Waals surface area (Å²) in [5.74, 6) is 0.703. The lowest BCUT2D eigenvalue weighted by Crippen LogP contribution is -2.46. The number of rotatable bonds is 5. The monoisotopic (exact) mass is 317 g/mol. The molecule has 1 aliphatic heterocycles. The molecule has 3 atom stereocenters. The van der Waals surface area contributed by atoms with Crippen molar-refractivity contribution < 1.29 is 4.92 Å². The van der Waals surface area contributed by atoms with Gasteiger partial charge in [0.2, 0.25) is 0 Å². The standard InChI is InChI=1S/C18H27N3O2/c1-13-14(6-4-10-18(13)21(22)23)12-20-17-9-5-7-15(17)16-8-2-3-11-19-16/h4,6,10,15-17,19-20H,2-3,5,7-9,11-12H2,1H3. The molecule has 23 heavy (non-hydrogen) atoms. The summed E-state index contributed by atoms with van der Waals surface area (Å²) in [5.41, 5.74) is 2.05. The lowest BCUT2D eigenvalue weighted by atomic mass is 9.88. The number of nitrogens with one attached hydrogen (secondary N) is 2. The van der Waals surface area contributed by atoms with Crippen LogP contribution in [0.15, 0.2) is 18.2 Å². The van der Waals surface area contributed by atoms with Crippen molar-refractivity contribution in [3.05, 3.63) is 39.4 Å². The Balaban J connectivity index is 1.63. The largest absolute Gasteiger partial charge is 0.314 e. The maximum absolute atomic E-state index is 11.1. The minimum atomic E-state index is -0.289. The maximum Gasteiger partial charge on any atom is 0.272 e. The van der Waals surface area contributed by atoms with Crippen molar-refractivity contribution in [3.8, 4) is 0 Å². The van der Waals surface area contributed by atoms with Crippen LogP contribution in [0.1, 0.15) is 49.7 Å². The third-order valence-corrected chi connectivity index (χ3v) is 5.60. The van der Waals surface area contributed by atoms with Crippen LogP contribution in [0.4, 0.5) is 5.69 Å². The molecule has 1 saturated carbocycles. The summed E-state index contributed by atoms with van der Waals surface area (Å²) >= 11 is 0. The Labute approximate surface area is 138 Å². The second-order valence-electron chi connectivity index (χ2n) is 6.96. The van der Waals surface area contributed by atoms with E-state index in [9.17, 15) is 10.1 Å². The molecule has 0 amide bonds. The van der Waals surface area contributed by atoms with Gasteiger partial charge in [0, 0.05) is 30.3 Å². The minimum absolute atomic E-state index is 0.223. The lowest BCUT2D eigenvalue weighted by molar-refractivity contribution is -0.385. The van der Waals surface area contributed by atoms with E-state index in [-0.39, 0.29) is 10.6 Å². The Bertz CT molecular complexity index is 555. The predicted molar refractivity (Wildman–Crippen MR) is 91.4 cm³/mol. The molecule has 0 bridgehead atoms. The van der Waals surface area contributed by atoms with E-state index in [2.05, 4.69) is 10.6 Å². The molecule has 3 rings (SSSR count). The summed E-state index contributed by atoms with van der Waals surface area (Å²) in [6.07, 6.45) is 7.73. The third kappa shape index (κ3) is 3.72. The van der Waals surface area contributed by atoms with Gasteiger partial charge in [-0.05, 0) is 50.6 Å². The fourth-order valence-electron chi connectivity index (χ4n) is 4.27. The zero-order valence-electron chi connectivity index (χ0n) is 13.9. The van der Waals surface area contributed by atoms with Gasteiger partial charge in [-0.3, -0.25) is 10.1 Å². The van der Waals surface area contributed by atoms with E-state index in [1.54, 1.807) is 12.1 Å². The zero-order chi connectivity index (χ0) is 16.2. The zero-order valence-corrected chi connectivity index (χ0v) is 13.9. The molecule has 2 N–H and O–H groups in total. The third-order valence-electron chi connectivity index (χ3n) is 5.60. The SMILES string of the molecule is Cc1c(CNC2CCCC2C2CCCCN2)cccc1[N+](=O)[O-]. The van der Waals surface area contributed by atoms with Gasteiger partial charge in [-0.2, -0.15) is 0 Å². The van der Waals surface area contributed by atoms with E-state index in [1.165, 1.54) is 38.5 Å². The Morgan fingerprint density at radius 1 is 1.26 bits per heavy atom. The summed E-state index contributed by atoms with van der Waals surface area (Å²) < 4.78 is 0. The molecule has 1 heterocycles. The van der Waals surface area contributed by atoms with Crippen LogP contribution in [0, 0.1) is 23.0 Å². The average Bonchev–Trinajstić information content (AvgIpc) is 3.03. The summed E-state index contributed by atoms with van der Waals surface area (Å²) in [6, 6.07) is 6.55. The number of nitro benzene ring substituents is 1. The van der Waals surface area contributed by atoms with Gasteiger partial charge in [0.25, 0.3) is 5.69 Å². The van der Waals surface area contributed by atoms with Crippen molar-refractivity contribution in [2.24, 2.45) is 5.92 Å². The molecule has 0 aromatic heterocycles. The Hall–Kier alpha value is -1.46. The summed E-state index contributed by atoms with van der Waals surface area (Å²) in [6.45, 7) is 3.73. The number of hydrogen-bond acceptors (Lipinski definition) is 4. The van der Waals surface area contributed by atoms with Crippen LogP contribution >= 0.6 is 0 Å². The smallest absolute Gasteiger partial charge is 0.272 e. The van der Waals surface area contributed by atoms with E-state index in [0.29, 0.717) is 18.0 Å². The van der Waals surface area contributed by atoms with Gasteiger partial charge in [0.05, 0.1) is 4.92 Å². The van der Waals surface area contributed by atoms with Crippen molar-refractivity contribution in [1.29, 1.82) is 0 Å². The predicted octanol–water partition coefficient (Wildman–Crippen LogP) is 3.30. The molecular formula is C18H27N3O2. The highest BCUT2D eigenvalue weighted by Crippen LogP contribution is 2.32. The molecular weight excluding hydrogens is 290 g/mol. The Morgan fingerprint density at radius 3 is 2.87 bits per heavy atom. The van der Waals surface area contributed by atoms with Crippen LogP contribution in [0.25, 0.3) is 0 Å². The van der Waals surface area contributed by atoms with Crippen molar-refractivity contribution in [2.75, 3.05) is 6.54 Å². The summed E-state index contributed by atoms with van der Waals surface area (Å²) in [4.78, 5) is 10.8. The molecule has 5 heteroatoms. The van der Waals surface area contributed by atoms with Gasteiger partial charge in [0.15, 0.2) is 0 Å². The number of nitro groups is 1. The first-order valence-electron chi connectivity index (χ1n) is 8.86. The lowest BCUT2D eigenvalue weighted by Gasteiger charge is -2.33. The van der Waals surface area contributed by atoms with Crippen LogP contribution in [0.5, 0.6) is 0 Å². The highest BCUT2D eigenvalue weighted by molar-refractivity contribution is 5.44. The maximum atomic E-state index is 11.1. The molecule has 1 aromatic rings. The first-order valence-corrected chi connectivity index (χ1v) is 8.86. The molecule has 5 nitrogen and oxygen atoms in total. The molecule has 3 unspecified atom stereocenters. The normalized spacial score (nSPS) is 28.0. The van der Waals surface area contributed by atoms with Gasteiger partial charge in [0.1, 0.15) is 0 Å². The number of nitrogens with zero attached hydrogens (tertiary/aromatic N) is 1. The van der Waals surface area contributed by atoms with Crippen molar-refractivity contribution >= 4 is 5.69 Å². The average molecular weight is 317 g/mol. The molecule has 1 aliphatic carbocycles. The van der Waals surface area contributed by atoms with Gasteiger partial charge in [-0.1, -0.05) is 25.0 Å². The van der Waals surface area contributed by atoms with Crippen LogP contribution < -0.4 is 10.6 Å². The molecule has 0 radical (unpaired) electrons. The van der Waals surface area contributed by atoms with E-state index in [4.69, 9.17) is 0 Å². The van der Waals surface area contributed by atoms with Crippen molar-refractivity contribution in [2.45, 2.75) is 64.1 Å². The van der Waals surface area contributed by atoms with Crippen LogP contribution in [0.3, 0.4) is 0 Å². The molecule has 0 spiro atoms. The van der Waals surface area contributed by atoms with E-state index in [0.717, 1.165) is 24.2 Å². The highest BCUT2D eigenvalue weighted by Gasteiger charge is 2.33. The quantitative estimate of drug-likeness (QED) is 0.646. The van der Waals surface area contributed by atoms with Gasteiger partial charge in [-0.25, -0.2) is 0 Å². The molecule has 1 saturated heterocycles. The van der Waals surface area contributed by atoms with Crippen molar-refractivity contribution in [1.82, 2.24) is 10.6 Å². The molecule has 2 fully saturated rings. The Morgan fingerprint density at radius 2 is 2.13 bits per heavy atom. The second-order valence-corrected chi connectivity index (χ2v) is 6.96.